The molecule has 0 bridgehead atoms. The number of aliphatic carboxylic acids is 1. The molecule has 1 aromatic heterocycles. The van der Waals surface area contributed by atoms with E-state index in [-0.39, 0.29) is 26.0 Å². The van der Waals surface area contributed by atoms with Gasteiger partial charge in [0.1, 0.15) is 12.4 Å². The number of benzene rings is 1. The van der Waals surface area contributed by atoms with E-state index < -0.39 is 5.97 Å². The SMILES string of the molecule is Cc1ccc(COc2cncc(N3CCO[C@@H](CCC(=O)O)C3)c2)c(C)c1.S. The highest BCUT2D eigenvalue weighted by atomic mass is 32.1. The first-order valence-electron chi connectivity index (χ1n) is 9.23. The van der Waals surface area contributed by atoms with Crippen LogP contribution in [0, 0.1) is 13.8 Å². The Balaban J connectivity index is 0.00000280. The van der Waals surface area contributed by atoms with Crippen molar-refractivity contribution in [2.24, 2.45) is 0 Å². The molecule has 1 aliphatic rings. The molecule has 6 nitrogen and oxygen atoms in total. The van der Waals surface area contributed by atoms with Crippen molar-refractivity contribution in [3.63, 3.8) is 0 Å². The number of hydrogen-bond acceptors (Lipinski definition) is 5. The summed E-state index contributed by atoms with van der Waals surface area (Å²) in [7, 11) is 0. The monoisotopic (exact) mass is 404 g/mol. The number of aryl methyl sites for hydroxylation is 2. The zero-order chi connectivity index (χ0) is 19.2. The van der Waals surface area contributed by atoms with Crippen LogP contribution in [0.2, 0.25) is 0 Å². The summed E-state index contributed by atoms with van der Waals surface area (Å²) >= 11 is 0. The second-order valence-electron chi connectivity index (χ2n) is 6.97. The van der Waals surface area contributed by atoms with Crippen LogP contribution in [0.5, 0.6) is 5.75 Å². The van der Waals surface area contributed by atoms with Gasteiger partial charge in [0, 0.05) is 25.6 Å². The normalized spacial score (nSPS) is 16.4. The number of aromatic nitrogens is 1. The standard InChI is InChI=1S/C21H26N2O4.H2S/c1-15-3-4-17(16(2)9-15)14-27-20-10-18(11-22-12-20)23-7-8-26-19(13-23)5-6-21(24)25;/h3-4,9-12,19H,5-8,13-14H2,1-2H3,(H,24,25);1H2/t19-;/m0./s1. The van der Waals surface area contributed by atoms with E-state index >= 15 is 0 Å². The maximum atomic E-state index is 10.8. The fourth-order valence-electron chi connectivity index (χ4n) is 3.24. The number of carboxylic acid groups (broad SMARTS) is 1. The number of rotatable bonds is 7. The van der Waals surface area contributed by atoms with Crippen molar-refractivity contribution < 1.29 is 19.4 Å². The summed E-state index contributed by atoms with van der Waals surface area (Å²) in [5, 5.41) is 8.86. The number of carbonyl (C=O) groups is 1. The van der Waals surface area contributed by atoms with E-state index in [2.05, 4.69) is 41.9 Å². The predicted octanol–water partition coefficient (Wildman–Crippen LogP) is 3.46. The number of ether oxygens (including phenoxy) is 2. The summed E-state index contributed by atoms with van der Waals surface area (Å²) in [6.45, 7) is 6.67. The molecular weight excluding hydrogens is 376 g/mol. The van der Waals surface area contributed by atoms with Crippen LogP contribution in [0.15, 0.2) is 36.7 Å². The molecule has 28 heavy (non-hydrogen) atoms. The Bertz CT molecular complexity index is 800. The van der Waals surface area contributed by atoms with Crippen LogP contribution in [0.25, 0.3) is 0 Å². The van der Waals surface area contributed by atoms with E-state index in [0.29, 0.717) is 26.2 Å². The van der Waals surface area contributed by atoms with Gasteiger partial charge in [0.2, 0.25) is 0 Å². The van der Waals surface area contributed by atoms with Gasteiger partial charge in [-0.2, -0.15) is 13.5 Å². The molecule has 1 atom stereocenters. The highest BCUT2D eigenvalue weighted by Crippen LogP contribution is 2.24. The number of anilines is 1. The van der Waals surface area contributed by atoms with Crippen molar-refractivity contribution in [3.05, 3.63) is 53.3 Å². The van der Waals surface area contributed by atoms with Crippen LogP contribution in [0.3, 0.4) is 0 Å². The second-order valence-corrected chi connectivity index (χ2v) is 6.97. The smallest absolute Gasteiger partial charge is 0.303 e. The van der Waals surface area contributed by atoms with E-state index in [1.807, 2.05) is 12.3 Å². The van der Waals surface area contributed by atoms with Crippen molar-refractivity contribution >= 4 is 25.2 Å². The molecule has 0 radical (unpaired) electrons. The van der Waals surface area contributed by atoms with E-state index in [4.69, 9.17) is 14.6 Å². The molecule has 0 unspecified atom stereocenters. The molecule has 7 heteroatoms. The number of carboxylic acids is 1. The fourth-order valence-corrected chi connectivity index (χ4v) is 3.24. The summed E-state index contributed by atoms with van der Waals surface area (Å²) < 4.78 is 11.6. The lowest BCUT2D eigenvalue weighted by molar-refractivity contribution is -0.137. The van der Waals surface area contributed by atoms with Crippen molar-refractivity contribution in [1.82, 2.24) is 4.98 Å². The summed E-state index contributed by atoms with van der Waals surface area (Å²) in [5.41, 5.74) is 4.58. The Morgan fingerprint density at radius 2 is 2.14 bits per heavy atom. The lowest BCUT2D eigenvalue weighted by Gasteiger charge is -2.34. The van der Waals surface area contributed by atoms with Crippen molar-refractivity contribution in [3.8, 4) is 5.75 Å². The third-order valence-electron chi connectivity index (χ3n) is 4.78. The molecular formula is C21H28N2O4S. The molecule has 3 rings (SSSR count). The van der Waals surface area contributed by atoms with E-state index in [0.717, 1.165) is 23.5 Å². The summed E-state index contributed by atoms with van der Waals surface area (Å²) in [6, 6.07) is 8.32. The minimum absolute atomic E-state index is 0. The van der Waals surface area contributed by atoms with E-state index in [1.165, 1.54) is 11.1 Å². The van der Waals surface area contributed by atoms with Crippen LogP contribution in [-0.4, -0.2) is 41.9 Å². The lowest BCUT2D eigenvalue weighted by atomic mass is 10.1. The summed E-state index contributed by atoms with van der Waals surface area (Å²) in [6.07, 6.45) is 4.09. The molecule has 0 spiro atoms. The number of hydrogen-bond donors (Lipinski definition) is 1. The van der Waals surface area contributed by atoms with Gasteiger partial charge >= 0.3 is 5.97 Å². The average molecular weight is 405 g/mol. The van der Waals surface area contributed by atoms with Gasteiger partial charge in [-0.25, -0.2) is 0 Å². The van der Waals surface area contributed by atoms with Crippen LogP contribution in [-0.2, 0) is 16.1 Å². The molecule has 1 fully saturated rings. The quantitative estimate of drug-likeness (QED) is 0.762. The Kier molecular flexibility index (Phi) is 8.14. The van der Waals surface area contributed by atoms with Crippen molar-refractivity contribution in [1.29, 1.82) is 0 Å². The zero-order valence-electron chi connectivity index (χ0n) is 16.4. The van der Waals surface area contributed by atoms with Gasteiger partial charge in [0.25, 0.3) is 0 Å². The molecule has 0 saturated carbocycles. The van der Waals surface area contributed by atoms with Gasteiger partial charge in [-0.1, -0.05) is 23.8 Å². The number of morpholine rings is 1. The molecule has 2 heterocycles. The molecule has 1 aliphatic heterocycles. The molecule has 1 aromatic carbocycles. The highest BCUT2D eigenvalue weighted by molar-refractivity contribution is 7.59. The Hall–Kier alpha value is -2.25. The summed E-state index contributed by atoms with van der Waals surface area (Å²) in [4.78, 5) is 17.3. The average Bonchev–Trinajstić information content (AvgIpc) is 2.66. The minimum Gasteiger partial charge on any atom is -0.487 e. The van der Waals surface area contributed by atoms with Crippen molar-refractivity contribution in [2.45, 2.75) is 39.4 Å². The maximum Gasteiger partial charge on any atom is 0.303 e. The lowest BCUT2D eigenvalue weighted by Crippen LogP contribution is -2.42. The van der Waals surface area contributed by atoms with Gasteiger partial charge in [0.15, 0.2) is 0 Å². The third-order valence-corrected chi connectivity index (χ3v) is 4.78. The predicted molar refractivity (Wildman–Crippen MR) is 114 cm³/mol. The summed E-state index contributed by atoms with van der Waals surface area (Å²) in [5.74, 6) is -0.0692. The van der Waals surface area contributed by atoms with Crippen LogP contribution in [0.1, 0.15) is 29.5 Å². The maximum absolute atomic E-state index is 10.8. The largest absolute Gasteiger partial charge is 0.487 e. The molecule has 0 aliphatic carbocycles. The van der Waals surface area contributed by atoms with E-state index in [9.17, 15) is 4.79 Å². The first kappa shape index (κ1) is 22.0. The third kappa shape index (κ3) is 6.14. The van der Waals surface area contributed by atoms with Crippen LogP contribution < -0.4 is 9.64 Å². The van der Waals surface area contributed by atoms with Gasteiger partial charge < -0.3 is 19.5 Å². The van der Waals surface area contributed by atoms with Crippen LogP contribution in [0.4, 0.5) is 5.69 Å². The molecule has 152 valence electrons. The Morgan fingerprint density at radius 1 is 1.32 bits per heavy atom. The zero-order valence-corrected chi connectivity index (χ0v) is 17.4. The van der Waals surface area contributed by atoms with Gasteiger partial charge in [-0.3, -0.25) is 9.78 Å². The minimum atomic E-state index is -0.792. The first-order valence-corrected chi connectivity index (χ1v) is 9.23. The highest BCUT2D eigenvalue weighted by Gasteiger charge is 2.22. The molecule has 2 aromatic rings. The number of nitrogens with zero attached hydrogens (tertiary/aromatic N) is 2. The molecule has 1 saturated heterocycles. The molecule has 1 N–H and O–H groups in total. The Morgan fingerprint density at radius 3 is 2.89 bits per heavy atom. The molecule has 0 amide bonds. The van der Waals surface area contributed by atoms with Gasteiger partial charge in [-0.05, 0) is 31.4 Å². The van der Waals surface area contributed by atoms with E-state index in [1.54, 1.807) is 6.20 Å². The van der Waals surface area contributed by atoms with Gasteiger partial charge in [0.05, 0.1) is 30.8 Å². The fraction of sp³-hybridized carbons (Fsp3) is 0.429. The van der Waals surface area contributed by atoms with Crippen molar-refractivity contribution in [2.75, 3.05) is 24.6 Å². The Labute approximate surface area is 172 Å². The second kappa shape index (κ2) is 10.3. The van der Waals surface area contributed by atoms with Gasteiger partial charge in [-0.15, -0.1) is 0 Å². The number of pyridine rings is 1. The topological polar surface area (TPSA) is 71.9 Å². The first-order chi connectivity index (χ1) is 13.0. The van der Waals surface area contributed by atoms with Crippen LogP contribution >= 0.6 is 13.5 Å².